The highest BCUT2D eigenvalue weighted by molar-refractivity contribution is 5.73. The Morgan fingerprint density at radius 1 is 1.00 bits per heavy atom. The molecule has 0 bridgehead atoms. The number of aromatic amines is 1. The molecule has 1 aliphatic carbocycles. The summed E-state index contributed by atoms with van der Waals surface area (Å²) < 4.78 is 6.03. The van der Waals surface area contributed by atoms with Crippen molar-refractivity contribution in [3.05, 3.63) is 84.3 Å². The van der Waals surface area contributed by atoms with Gasteiger partial charge in [-0.2, -0.15) is 0 Å². The van der Waals surface area contributed by atoms with E-state index in [4.69, 9.17) is 9.40 Å². The summed E-state index contributed by atoms with van der Waals surface area (Å²) >= 11 is 0. The second-order valence-electron chi connectivity index (χ2n) is 5.77. The van der Waals surface area contributed by atoms with Crippen LogP contribution in [0, 0.1) is 6.92 Å². The Morgan fingerprint density at radius 3 is 2.71 bits per heavy atom. The summed E-state index contributed by atoms with van der Waals surface area (Å²) in [5.74, 6) is 2.37. The molecule has 0 unspecified atom stereocenters. The van der Waals surface area contributed by atoms with Crippen molar-refractivity contribution in [3.8, 4) is 22.8 Å². The van der Waals surface area contributed by atoms with Gasteiger partial charge in [0.15, 0.2) is 11.6 Å². The van der Waals surface area contributed by atoms with Gasteiger partial charge in [0, 0.05) is 16.8 Å². The third kappa shape index (κ3) is 2.76. The number of allylic oxidation sites excluding steroid dienone is 6. The van der Waals surface area contributed by atoms with Gasteiger partial charge < -0.3 is 9.40 Å². The number of rotatable bonds is 3. The lowest BCUT2D eigenvalue weighted by Crippen LogP contribution is -1.80. The molecule has 0 amide bonds. The molecule has 3 nitrogen and oxygen atoms in total. The molecular formula is C21H18N2O. The minimum Gasteiger partial charge on any atom is -0.453 e. The third-order valence-corrected chi connectivity index (χ3v) is 4.05. The second-order valence-corrected chi connectivity index (χ2v) is 5.77. The second kappa shape index (κ2) is 6.20. The molecule has 1 aliphatic rings. The molecule has 3 aromatic rings. The van der Waals surface area contributed by atoms with E-state index in [1.807, 2.05) is 43.3 Å². The summed E-state index contributed by atoms with van der Waals surface area (Å²) in [5, 5.41) is 0. The smallest absolute Gasteiger partial charge is 0.174 e. The van der Waals surface area contributed by atoms with Gasteiger partial charge in [-0.15, -0.1) is 0 Å². The monoisotopic (exact) mass is 314 g/mol. The van der Waals surface area contributed by atoms with Crippen LogP contribution in [0.5, 0.6) is 0 Å². The zero-order chi connectivity index (χ0) is 16.4. The lowest BCUT2D eigenvalue weighted by Gasteiger charge is -1.97. The van der Waals surface area contributed by atoms with E-state index in [2.05, 4.69) is 41.4 Å². The Bertz CT molecular complexity index is 939. The molecule has 0 saturated heterocycles. The summed E-state index contributed by atoms with van der Waals surface area (Å²) in [4.78, 5) is 8.06. The molecule has 4 rings (SSSR count). The molecule has 2 aromatic heterocycles. The molecule has 1 aromatic carbocycles. The standard InChI is InChI=1S/C21H18N2O/c1-15-20(17-11-7-4-8-12-17)23-21(22-15)19-14-13-18(24-19)16-9-5-2-3-6-10-16/h2-5,7-14H,6H2,1H3,(H,22,23). The number of hydrogen-bond acceptors (Lipinski definition) is 2. The van der Waals surface area contributed by atoms with E-state index < -0.39 is 0 Å². The number of imidazole rings is 1. The van der Waals surface area contributed by atoms with Crippen LogP contribution in [-0.2, 0) is 0 Å². The summed E-state index contributed by atoms with van der Waals surface area (Å²) in [5.41, 5.74) is 4.19. The summed E-state index contributed by atoms with van der Waals surface area (Å²) in [6.07, 6.45) is 11.3. The van der Waals surface area contributed by atoms with Crippen molar-refractivity contribution in [2.45, 2.75) is 13.3 Å². The van der Waals surface area contributed by atoms with Crippen LogP contribution < -0.4 is 0 Å². The van der Waals surface area contributed by atoms with Crippen LogP contribution in [0.2, 0.25) is 0 Å². The molecule has 3 heteroatoms. The topological polar surface area (TPSA) is 41.8 Å². The number of aryl methyl sites for hydroxylation is 1. The van der Waals surface area contributed by atoms with Crippen LogP contribution >= 0.6 is 0 Å². The largest absolute Gasteiger partial charge is 0.453 e. The van der Waals surface area contributed by atoms with E-state index in [1.165, 1.54) is 0 Å². The van der Waals surface area contributed by atoms with Crippen molar-refractivity contribution < 1.29 is 4.42 Å². The first-order valence-electron chi connectivity index (χ1n) is 8.07. The summed E-state index contributed by atoms with van der Waals surface area (Å²) in [7, 11) is 0. The van der Waals surface area contributed by atoms with Crippen LogP contribution in [0.4, 0.5) is 0 Å². The van der Waals surface area contributed by atoms with Gasteiger partial charge >= 0.3 is 0 Å². The fraction of sp³-hybridized carbons (Fsp3) is 0.0952. The Hall–Kier alpha value is -3.07. The Kier molecular flexibility index (Phi) is 3.75. The highest BCUT2D eigenvalue weighted by atomic mass is 16.3. The molecule has 0 radical (unpaired) electrons. The van der Waals surface area contributed by atoms with E-state index in [0.717, 1.165) is 46.3 Å². The molecule has 118 valence electrons. The Labute approximate surface area is 141 Å². The number of nitrogens with zero attached hydrogens (tertiary/aromatic N) is 1. The van der Waals surface area contributed by atoms with Crippen molar-refractivity contribution in [1.29, 1.82) is 0 Å². The number of furan rings is 1. The van der Waals surface area contributed by atoms with Crippen LogP contribution in [0.15, 0.2) is 77.3 Å². The summed E-state index contributed by atoms with van der Waals surface area (Å²) in [6.45, 7) is 2.03. The molecule has 1 N–H and O–H groups in total. The predicted octanol–water partition coefficient (Wildman–Crippen LogP) is 5.54. The first-order chi connectivity index (χ1) is 11.8. The minimum atomic E-state index is 0.752. The fourth-order valence-corrected chi connectivity index (χ4v) is 2.84. The molecule has 0 aliphatic heterocycles. The van der Waals surface area contributed by atoms with Crippen molar-refractivity contribution in [1.82, 2.24) is 9.97 Å². The van der Waals surface area contributed by atoms with E-state index in [1.54, 1.807) is 0 Å². The van der Waals surface area contributed by atoms with Crippen LogP contribution in [0.3, 0.4) is 0 Å². The summed E-state index contributed by atoms with van der Waals surface area (Å²) in [6, 6.07) is 14.1. The number of aromatic nitrogens is 2. The van der Waals surface area contributed by atoms with Crippen LogP contribution in [-0.4, -0.2) is 9.97 Å². The number of H-pyrrole nitrogens is 1. The van der Waals surface area contributed by atoms with Crippen molar-refractivity contribution in [2.75, 3.05) is 0 Å². The lowest BCUT2D eigenvalue weighted by molar-refractivity contribution is 0.564. The first-order valence-corrected chi connectivity index (χ1v) is 8.07. The van der Waals surface area contributed by atoms with Crippen molar-refractivity contribution >= 4 is 5.57 Å². The Balaban J connectivity index is 1.67. The van der Waals surface area contributed by atoms with Gasteiger partial charge in [0.05, 0.1) is 5.69 Å². The maximum absolute atomic E-state index is 6.03. The average Bonchev–Trinajstić information content (AvgIpc) is 3.15. The van der Waals surface area contributed by atoms with Gasteiger partial charge in [-0.1, -0.05) is 60.7 Å². The van der Waals surface area contributed by atoms with Gasteiger partial charge in [-0.05, 0) is 25.5 Å². The van der Waals surface area contributed by atoms with E-state index in [0.29, 0.717) is 0 Å². The number of hydrogen-bond donors (Lipinski definition) is 1. The molecule has 0 atom stereocenters. The normalized spacial score (nSPS) is 13.8. The van der Waals surface area contributed by atoms with Gasteiger partial charge in [-0.25, -0.2) is 4.98 Å². The maximum atomic E-state index is 6.03. The van der Waals surface area contributed by atoms with Gasteiger partial charge in [-0.3, -0.25) is 0 Å². The zero-order valence-electron chi connectivity index (χ0n) is 13.5. The van der Waals surface area contributed by atoms with Crippen LogP contribution in [0.1, 0.15) is 17.9 Å². The maximum Gasteiger partial charge on any atom is 0.174 e. The Morgan fingerprint density at radius 2 is 1.83 bits per heavy atom. The molecule has 0 spiro atoms. The molecular weight excluding hydrogens is 296 g/mol. The highest BCUT2D eigenvalue weighted by Crippen LogP contribution is 2.29. The molecule has 24 heavy (non-hydrogen) atoms. The predicted molar refractivity (Wildman–Crippen MR) is 97.3 cm³/mol. The number of nitrogens with one attached hydrogen (secondary N) is 1. The quantitative estimate of drug-likeness (QED) is 0.689. The van der Waals surface area contributed by atoms with E-state index >= 15 is 0 Å². The molecule has 0 saturated carbocycles. The molecule has 2 heterocycles. The zero-order valence-corrected chi connectivity index (χ0v) is 13.5. The molecule has 0 fully saturated rings. The van der Waals surface area contributed by atoms with Crippen molar-refractivity contribution in [2.24, 2.45) is 0 Å². The van der Waals surface area contributed by atoms with E-state index in [-0.39, 0.29) is 0 Å². The number of benzene rings is 1. The third-order valence-electron chi connectivity index (χ3n) is 4.05. The van der Waals surface area contributed by atoms with Gasteiger partial charge in [0.2, 0.25) is 0 Å². The average molecular weight is 314 g/mol. The van der Waals surface area contributed by atoms with Gasteiger partial charge in [0.1, 0.15) is 5.76 Å². The minimum absolute atomic E-state index is 0.752. The first kappa shape index (κ1) is 14.5. The fourth-order valence-electron chi connectivity index (χ4n) is 2.84. The van der Waals surface area contributed by atoms with Gasteiger partial charge in [0.25, 0.3) is 0 Å². The SMILES string of the molecule is Cc1[nH]c(-c2ccc(C3=CCC=CC=C3)o2)nc1-c1ccccc1. The highest BCUT2D eigenvalue weighted by Gasteiger charge is 2.14. The van der Waals surface area contributed by atoms with Crippen molar-refractivity contribution in [3.63, 3.8) is 0 Å². The van der Waals surface area contributed by atoms with Crippen LogP contribution in [0.25, 0.3) is 28.4 Å². The lowest BCUT2D eigenvalue weighted by atomic mass is 10.1. The van der Waals surface area contributed by atoms with E-state index in [9.17, 15) is 0 Å².